The summed E-state index contributed by atoms with van der Waals surface area (Å²) in [7, 11) is -1.05. The molecule has 2 rings (SSSR count). The van der Waals surface area contributed by atoms with E-state index >= 15 is 0 Å². The maximum absolute atomic E-state index is 2.41. The van der Waals surface area contributed by atoms with Crippen molar-refractivity contribution in [3.8, 4) is 0 Å². The van der Waals surface area contributed by atoms with Crippen LogP contribution >= 0.6 is 22.7 Å². The summed E-state index contributed by atoms with van der Waals surface area (Å²) < 4.78 is 4.57. The maximum atomic E-state index is 2.41. The number of hydrogen-bond donors (Lipinski definition) is 0. The van der Waals surface area contributed by atoms with Crippen LogP contribution in [0.3, 0.4) is 0 Å². The summed E-state index contributed by atoms with van der Waals surface area (Å²) in [5.74, 6) is 0. The normalized spacial score (nSPS) is 12.6. The van der Waals surface area contributed by atoms with Gasteiger partial charge in [0.15, 0.2) is 0 Å². The fourth-order valence-electron chi connectivity index (χ4n) is 1.14. The van der Waals surface area contributed by atoms with Gasteiger partial charge in [-0.15, -0.1) is 22.7 Å². The van der Waals surface area contributed by atoms with E-state index in [0.717, 1.165) is 0 Å². The minimum absolute atomic E-state index is 1.05. The van der Waals surface area contributed by atoms with Crippen LogP contribution in [-0.2, 0) is 0 Å². The average Bonchev–Trinajstić information content (AvgIpc) is 2.37. The first-order valence-electron chi connectivity index (χ1n) is 4.05. The van der Waals surface area contributed by atoms with Gasteiger partial charge < -0.3 is 0 Å². The Morgan fingerprint density at radius 1 is 1.17 bits per heavy atom. The number of rotatable bonds is 1. The molecule has 2 heterocycles. The fourth-order valence-corrected chi connectivity index (χ4v) is 5.23. The molecule has 0 N–H and O–H groups in total. The van der Waals surface area contributed by atoms with Crippen molar-refractivity contribution in [2.24, 2.45) is 0 Å². The van der Waals surface area contributed by atoms with Crippen LogP contribution in [0, 0.1) is 0 Å². The van der Waals surface area contributed by atoms with Gasteiger partial charge in [0.25, 0.3) is 0 Å². The lowest BCUT2D eigenvalue weighted by molar-refractivity contribution is 1.79. The van der Waals surface area contributed by atoms with Crippen molar-refractivity contribution in [2.45, 2.75) is 19.6 Å². The molecule has 0 saturated carbocycles. The SMILES string of the molecule is C[Si](C)(C)c1cc2sccc2s1. The average molecular weight is 212 g/mol. The predicted molar refractivity (Wildman–Crippen MR) is 62.7 cm³/mol. The molecule has 0 radical (unpaired) electrons. The molecule has 0 saturated heterocycles. The van der Waals surface area contributed by atoms with Gasteiger partial charge in [0.1, 0.15) is 0 Å². The van der Waals surface area contributed by atoms with Gasteiger partial charge in [0.2, 0.25) is 0 Å². The molecule has 0 aliphatic rings. The summed E-state index contributed by atoms with van der Waals surface area (Å²) in [6.45, 7) is 7.22. The highest BCUT2D eigenvalue weighted by atomic mass is 32.1. The van der Waals surface area contributed by atoms with Crippen molar-refractivity contribution in [3.63, 3.8) is 0 Å². The highest BCUT2D eigenvalue weighted by Crippen LogP contribution is 2.26. The van der Waals surface area contributed by atoms with Crippen molar-refractivity contribution in [1.29, 1.82) is 0 Å². The Hall–Kier alpha value is -0.123. The Kier molecular flexibility index (Phi) is 1.90. The van der Waals surface area contributed by atoms with Crippen molar-refractivity contribution in [1.82, 2.24) is 0 Å². The first-order chi connectivity index (χ1) is 5.57. The van der Waals surface area contributed by atoms with Gasteiger partial charge in [0, 0.05) is 9.40 Å². The smallest absolute Gasteiger partial charge is 0.0904 e. The van der Waals surface area contributed by atoms with Gasteiger partial charge in [-0.25, -0.2) is 0 Å². The fraction of sp³-hybridized carbons (Fsp3) is 0.333. The highest BCUT2D eigenvalue weighted by Gasteiger charge is 2.19. The van der Waals surface area contributed by atoms with E-state index in [0.29, 0.717) is 0 Å². The summed E-state index contributed by atoms with van der Waals surface area (Å²) in [6, 6.07) is 4.62. The third-order valence-corrected chi connectivity index (χ3v) is 7.55. The molecule has 2 aromatic heterocycles. The van der Waals surface area contributed by atoms with Crippen LogP contribution in [0.5, 0.6) is 0 Å². The van der Waals surface area contributed by atoms with Crippen LogP contribution in [0.1, 0.15) is 0 Å². The molecule has 12 heavy (non-hydrogen) atoms. The second-order valence-corrected chi connectivity index (χ2v) is 11.4. The Labute approximate surface area is 81.9 Å². The Balaban J connectivity index is 2.59. The van der Waals surface area contributed by atoms with Gasteiger partial charge in [-0.3, -0.25) is 0 Å². The van der Waals surface area contributed by atoms with Gasteiger partial charge >= 0.3 is 0 Å². The summed E-state index contributed by atoms with van der Waals surface area (Å²) >= 11 is 3.84. The summed E-state index contributed by atoms with van der Waals surface area (Å²) in [5.41, 5.74) is 0. The zero-order valence-corrected chi connectivity index (χ0v) is 10.2. The van der Waals surface area contributed by atoms with Crippen LogP contribution in [0.2, 0.25) is 19.6 Å². The molecule has 2 aromatic rings. The molecular weight excluding hydrogens is 200 g/mol. The van der Waals surface area contributed by atoms with E-state index in [4.69, 9.17) is 0 Å². The highest BCUT2D eigenvalue weighted by molar-refractivity contribution is 7.34. The van der Waals surface area contributed by atoms with Crippen LogP contribution in [0.25, 0.3) is 9.40 Å². The molecule has 0 aliphatic carbocycles. The molecule has 0 spiro atoms. The van der Waals surface area contributed by atoms with Crippen molar-refractivity contribution in [3.05, 3.63) is 17.5 Å². The number of fused-ring (bicyclic) bond motifs is 1. The molecular formula is C9H12S2Si. The summed E-state index contributed by atoms with van der Waals surface area (Å²) in [4.78, 5) is 0. The van der Waals surface area contributed by atoms with E-state index in [-0.39, 0.29) is 0 Å². The third kappa shape index (κ3) is 1.37. The van der Waals surface area contributed by atoms with Crippen LogP contribution in [0.15, 0.2) is 17.5 Å². The van der Waals surface area contributed by atoms with Crippen molar-refractivity contribution < 1.29 is 0 Å². The molecule has 0 fully saturated rings. The predicted octanol–water partition coefficient (Wildman–Crippen LogP) is 3.51. The van der Waals surface area contributed by atoms with E-state index in [1.54, 1.807) is 4.50 Å². The molecule has 0 atom stereocenters. The molecule has 0 aliphatic heterocycles. The van der Waals surface area contributed by atoms with Crippen molar-refractivity contribution in [2.75, 3.05) is 0 Å². The molecule has 0 nitrogen and oxygen atoms in total. The summed E-state index contributed by atoms with van der Waals surface area (Å²) in [5, 5.41) is 2.18. The van der Waals surface area contributed by atoms with Crippen LogP contribution < -0.4 is 4.50 Å². The minimum atomic E-state index is -1.05. The monoisotopic (exact) mass is 212 g/mol. The topological polar surface area (TPSA) is 0 Å². The third-order valence-electron chi connectivity index (χ3n) is 1.88. The number of hydrogen-bond acceptors (Lipinski definition) is 2. The van der Waals surface area contributed by atoms with Crippen LogP contribution in [0.4, 0.5) is 0 Å². The van der Waals surface area contributed by atoms with E-state index < -0.39 is 8.07 Å². The lowest BCUT2D eigenvalue weighted by Crippen LogP contribution is -2.34. The first kappa shape index (κ1) is 8.47. The number of thiophene rings is 2. The molecule has 64 valence electrons. The molecule has 0 bridgehead atoms. The molecule has 0 amide bonds. The van der Waals surface area contributed by atoms with E-state index in [1.807, 2.05) is 22.7 Å². The molecule has 0 unspecified atom stereocenters. The Morgan fingerprint density at radius 2 is 1.92 bits per heavy atom. The standard InChI is InChI=1S/C9H12S2Si/c1-12(2,3)9-6-8-7(11-9)4-5-10-8/h4-6H,1-3H3. The van der Waals surface area contributed by atoms with Gasteiger partial charge in [-0.1, -0.05) is 19.6 Å². The minimum Gasteiger partial charge on any atom is -0.144 e. The largest absolute Gasteiger partial charge is 0.144 e. The Bertz CT molecular complexity index is 363. The summed E-state index contributed by atoms with van der Waals surface area (Å²) in [6.07, 6.45) is 0. The van der Waals surface area contributed by atoms with Gasteiger partial charge in [0.05, 0.1) is 8.07 Å². The lowest BCUT2D eigenvalue weighted by Gasteiger charge is -2.11. The van der Waals surface area contributed by atoms with Gasteiger partial charge in [-0.2, -0.15) is 0 Å². The van der Waals surface area contributed by atoms with Gasteiger partial charge in [-0.05, 0) is 22.0 Å². The van der Waals surface area contributed by atoms with E-state index in [2.05, 4.69) is 37.2 Å². The zero-order valence-electron chi connectivity index (χ0n) is 7.55. The quantitative estimate of drug-likeness (QED) is 0.635. The van der Waals surface area contributed by atoms with Crippen LogP contribution in [-0.4, -0.2) is 8.07 Å². The second-order valence-electron chi connectivity index (χ2n) is 4.01. The Morgan fingerprint density at radius 3 is 2.50 bits per heavy atom. The molecule has 0 aromatic carbocycles. The zero-order chi connectivity index (χ0) is 8.77. The lowest BCUT2D eigenvalue weighted by atomic mass is 10.5. The van der Waals surface area contributed by atoms with E-state index in [9.17, 15) is 0 Å². The first-order valence-corrected chi connectivity index (χ1v) is 9.24. The molecule has 3 heteroatoms. The second kappa shape index (κ2) is 2.69. The van der Waals surface area contributed by atoms with Crippen molar-refractivity contribution >= 4 is 44.6 Å². The van der Waals surface area contributed by atoms with E-state index in [1.165, 1.54) is 9.40 Å². The maximum Gasteiger partial charge on any atom is 0.0904 e.